The van der Waals surface area contributed by atoms with Crippen molar-refractivity contribution in [3.8, 4) is 5.75 Å². The predicted octanol–water partition coefficient (Wildman–Crippen LogP) is 2.38. The molecular formula is C16H25FO6S. The lowest BCUT2D eigenvalue weighted by Gasteiger charge is -2.08. The lowest BCUT2D eigenvalue weighted by Crippen LogP contribution is -2.19. The number of halogens is 1. The van der Waals surface area contributed by atoms with Crippen LogP contribution in [0.4, 0.5) is 4.39 Å². The van der Waals surface area contributed by atoms with E-state index in [-0.39, 0.29) is 24.7 Å². The summed E-state index contributed by atoms with van der Waals surface area (Å²) in [5.74, 6) is -1.40. The molecule has 0 aliphatic carbocycles. The number of para-hydroxylation sites is 1. The highest BCUT2D eigenvalue weighted by molar-refractivity contribution is 7.87. The summed E-state index contributed by atoms with van der Waals surface area (Å²) in [5, 5.41) is 0. The third-order valence-corrected chi connectivity index (χ3v) is 4.02. The molecule has 0 aliphatic heterocycles. The van der Waals surface area contributed by atoms with E-state index in [1.54, 1.807) is 0 Å². The molecule has 0 aliphatic rings. The number of ether oxygens (including phenoxy) is 3. The first-order valence-electron chi connectivity index (χ1n) is 7.95. The Balaban J connectivity index is 2.05. The fourth-order valence-electron chi connectivity index (χ4n) is 1.64. The van der Waals surface area contributed by atoms with Crippen LogP contribution < -0.4 is 4.18 Å². The van der Waals surface area contributed by atoms with Crippen LogP contribution in [0.2, 0.25) is 0 Å². The van der Waals surface area contributed by atoms with Crippen LogP contribution in [0.3, 0.4) is 0 Å². The maximum Gasteiger partial charge on any atom is 0.311 e. The van der Waals surface area contributed by atoms with Crippen LogP contribution in [-0.4, -0.2) is 53.8 Å². The Morgan fingerprint density at radius 1 is 0.917 bits per heavy atom. The Morgan fingerprint density at radius 2 is 1.50 bits per heavy atom. The van der Waals surface area contributed by atoms with Gasteiger partial charge in [-0.2, -0.15) is 8.42 Å². The second-order valence-electron chi connectivity index (χ2n) is 4.97. The zero-order chi connectivity index (χ0) is 17.7. The number of unbranched alkanes of at least 4 members (excludes halogenated alkanes) is 1. The molecule has 6 nitrogen and oxygen atoms in total. The number of hydrogen-bond acceptors (Lipinski definition) is 6. The Labute approximate surface area is 143 Å². The zero-order valence-corrected chi connectivity index (χ0v) is 14.7. The minimum atomic E-state index is -3.89. The summed E-state index contributed by atoms with van der Waals surface area (Å²) in [6.07, 6.45) is 2.13. The fraction of sp³-hybridized carbons (Fsp3) is 0.625. The summed E-state index contributed by atoms with van der Waals surface area (Å²) in [4.78, 5) is 0. The predicted molar refractivity (Wildman–Crippen MR) is 88.2 cm³/mol. The van der Waals surface area contributed by atoms with E-state index in [1.807, 2.05) is 0 Å². The summed E-state index contributed by atoms with van der Waals surface area (Å²) < 4.78 is 57.2. The molecule has 0 bridgehead atoms. The van der Waals surface area contributed by atoms with Gasteiger partial charge in [0.1, 0.15) is 5.75 Å². The SMILES string of the molecule is CCCCOCCOCCOCCS(=O)(=O)Oc1ccccc1F. The second kappa shape index (κ2) is 12.2. The van der Waals surface area contributed by atoms with Crippen molar-refractivity contribution in [1.29, 1.82) is 0 Å². The van der Waals surface area contributed by atoms with Crippen LogP contribution in [0.1, 0.15) is 19.8 Å². The third-order valence-electron chi connectivity index (χ3n) is 2.92. The van der Waals surface area contributed by atoms with Crippen LogP contribution in [0, 0.1) is 5.82 Å². The van der Waals surface area contributed by atoms with Crippen molar-refractivity contribution in [3.05, 3.63) is 30.1 Å². The number of hydrogen-bond donors (Lipinski definition) is 0. The first kappa shape index (κ1) is 20.8. The van der Waals surface area contributed by atoms with Gasteiger partial charge >= 0.3 is 10.1 Å². The van der Waals surface area contributed by atoms with Gasteiger partial charge in [0.15, 0.2) is 11.6 Å². The Bertz CT molecular complexity index is 549. The molecule has 0 radical (unpaired) electrons. The molecule has 0 saturated heterocycles. The van der Waals surface area contributed by atoms with Gasteiger partial charge in [-0.25, -0.2) is 4.39 Å². The van der Waals surface area contributed by atoms with Crippen molar-refractivity contribution < 1.29 is 31.2 Å². The van der Waals surface area contributed by atoms with Gasteiger partial charge in [0.05, 0.1) is 33.0 Å². The van der Waals surface area contributed by atoms with Crippen molar-refractivity contribution in [2.24, 2.45) is 0 Å². The van der Waals surface area contributed by atoms with Crippen molar-refractivity contribution in [1.82, 2.24) is 0 Å². The van der Waals surface area contributed by atoms with Crippen molar-refractivity contribution in [2.75, 3.05) is 45.4 Å². The van der Waals surface area contributed by atoms with E-state index >= 15 is 0 Å². The van der Waals surface area contributed by atoms with E-state index in [1.165, 1.54) is 18.2 Å². The summed E-state index contributed by atoms with van der Waals surface area (Å²) in [7, 11) is -3.89. The average Bonchev–Trinajstić information content (AvgIpc) is 2.54. The Morgan fingerprint density at radius 3 is 2.12 bits per heavy atom. The molecule has 0 atom stereocenters. The highest BCUT2D eigenvalue weighted by Gasteiger charge is 2.15. The standard InChI is InChI=1S/C16H25FO6S/c1-2-3-8-20-9-10-21-11-12-22-13-14-24(18,19)23-16-7-5-4-6-15(16)17/h4-7H,2-3,8-14H2,1H3. The average molecular weight is 364 g/mol. The number of benzene rings is 1. The lowest BCUT2D eigenvalue weighted by molar-refractivity contribution is 0.0166. The molecule has 1 aromatic carbocycles. The molecule has 0 heterocycles. The largest absolute Gasteiger partial charge is 0.379 e. The molecular weight excluding hydrogens is 339 g/mol. The van der Waals surface area contributed by atoms with E-state index in [4.69, 9.17) is 18.4 Å². The molecule has 0 unspecified atom stereocenters. The minimum Gasteiger partial charge on any atom is -0.379 e. The molecule has 0 aromatic heterocycles. The van der Waals surface area contributed by atoms with E-state index in [2.05, 4.69) is 6.92 Å². The molecule has 0 N–H and O–H groups in total. The normalized spacial score (nSPS) is 11.6. The summed E-state index contributed by atoms with van der Waals surface area (Å²) in [6.45, 7) is 4.41. The Kier molecular flexibility index (Phi) is 10.6. The minimum absolute atomic E-state index is 0.0485. The van der Waals surface area contributed by atoms with E-state index in [0.29, 0.717) is 19.8 Å². The van der Waals surface area contributed by atoms with Gasteiger partial charge in [0, 0.05) is 6.61 Å². The maximum atomic E-state index is 13.3. The highest BCUT2D eigenvalue weighted by atomic mass is 32.2. The fourth-order valence-corrected chi connectivity index (χ4v) is 2.45. The quantitative estimate of drug-likeness (QED) is 0.373. The monoisotopic (exact) mass is 364 g/mol. The van der Waals surface area contributed by atoms with Gasteiger partial charge in [-0.1, -0.05) is 25.5 Å². The van der Waals surface area contributed by atoms with Crippen LogP contribution in [0.5, 0.6) is 5.75 Å². The van der Waals surface area contributed by atoms with Gasteiger partial charge in [-0.05, 0) is 18.6 Å². The first-order chi connectivity index (χ1) is 11.5. The molecule has 1 aromatic rings. The molecule has 1 rings (SSSR count). The number of rotatable bonds is 14. The van der Waals surface area contributed by atoms with Crippen molar-refractivity contribution in [2.45, 2.75) is 19.8 Å². The molecule has 0 amide bonds. The van der Waals surface area contributed by atoms with Crippen LogP contribution >= 0.6 is 0 Å². The lowest BCUT2D eigenvalue weighted by atomic mass is 10.3. The van der Waals surface area contributed by atoms with Gasteiger partial charge < -0.3 is 18.4 Å². The van der Waals surface area contributed by atoms with Crippen LogP contribution in [0.25, 0.3) is 0 Å². The molecule has 24 heavy (non-hydrogen) atoms. The summed E-state index contributed by atoms with van der Waals surface area (Å²) in [6, 6.07) is 5.33. The van der Waals surface area contributed by atoms with Crippen molar-refractivity contribution in [3.63, 3.8) is 0 Å². The van der Waals surface area contributed by atoms with Gasteiger partial charge in [-0.3, -0.25) is 0 Å². The third kappa shape index (κ3) is 9.82. The summed E-state index contributed by atoms with van der Waals surface area (Å²) >= 11 is 0. The van der Waals surface area contributed by atoms with Crippen LogP contribution in [-0.2, 0) is 24.3 Å². The van der Waals surface area contributed by atoms with Gasteiger partial charge in [0.2, 0.25) is 0 Å². The van der Waals surface area contributed by atoms with Crippen LogP contribution in [0.15, 0.2) is 24.3 Å². The van der Waals surface area contributed by atoms with Crippen molar-refractivity contribution >= 4 is 10.1 Å². The zero-order valence-electron chi connectivity index (χ0n) is 13.9. The van der Waals surface area contributed by atoms with E-state index in [0.717, 1.165) is 25.5 Å². The summed E-state index contributed by atoms with van der Waals surface area (Å²) in [5.41, 5.74) is 0. The molecule has 0 fully saturated rings. The molecule has 138 valence electrons. The topological polar surface area (TPSA) is 71.1 Å². The highest BCUT2D eigenvalue weighted by Crippen LogP contribution is 2.17. The molecule has 0 spiro atoms. The smallest absolute Gasteiger partial charge is 0.311 e. The molecule has 0 saturated carbocycles. The first-order valence-corrected chi connectivity index (χ1v) is 9.53. The molecule has 8 heteroatoms. The second-order valence-corrected chi connectivity index (χ2v) is 6.66. The van der Waals surface area contributed by atoms with E-state index < -0.39 is 15.9 Å². The van der Waals surface area contributed by atoms with E-state index in [9.17, 15) is 12.8 Å². The Hall–Kier alpha value is -1.22. The van der Waals surface area contributed by atoms with Gasteiger partial charge in [-0.15, -0.1) is 0 Å². The maximum absolute atomic E-state index is 13.3. The van der Waals surface area contributed by atoms with Gasteiger partial charge in [0.25, 0.3) is 0 Å².